The van der Waals surface area contributed by atoms with Crippen molar-refractivity contribution in [3.05, 3.63) is 40.2 Å². The average molecular weight is 324 g/mol. The largest absolute Gasteiger partial charge is 0.476 e. The molecule has 0 aliphatic carbocycles. The number of hydrogen-bond donors (Lipinski definition) is 2. The fraction of sp³-hybridized carbons (Fsp3) is 0. The van der Waals surface area contributed by atoms with E-state index in [0.29, 0.717) is 21.6 Å². The third-order valence-corrected chi connectivity index (χ3v) is 3.56. The average Bonchev–Trinajstić information content (AvgIpc) is 2.92. The molecule has 0 spiro atoms. The van der Waals surface area contributed by atoms with Gasteiger partial charge in [0.1, 0.15) is 10.8 Å². The summed E-state index contributed by atoms with van der Waals surface area (Å²) in [5, 5.41) is 10.0. The van der Waals surface area contributed by atoms with Crippen LogP contribution in [-0.2, 0) is 0 Å². The smallest absolute Gasteiger partial charge is 0.356 e. The number of rotatable bonds is 2. The Bertz CT molecular complexity index is 876. The van der Waals surface area contributed by atoms with E-state index in [-0.39, 0.29) is 22.4 Å². The normalized spacial score (nSPS) is 11.0. The number of carboxylic acid groups (broad SMARTS) is 1. The maximum absolute atomic E-state index is 11.2. The van der Waals surface area contributed by atoms with E-state index in [9.17, 15) is 4.79 Å². The molecule has 6 nitrogen and oxygen atoms in total. The molecule has 2 aromatic heterocycles. The minimum atomic E-state index is -1.28. The van der Waals surface area contributed by atoms with Crippen LogP contribution in [0.4, 0.5) is 5.82 Å². The number of furan rings is 1. The van der Waals surface area contributed by atoms with E-state index in [4.69, 9.17) is 38.5 Å². The highest BCUT2D eigenvalue weighted by molar-refractivity contribution is 6.36. The summed E-state index contributed by atoms with van der Waals surface area (Å²) < 4.78 is 5.28. The molecule has 0 amide bonds. The highest BCUT2D eigenvalue weighted by Gasteiger charge is 2.19. The van der Waals surface area contributed by atoms with Crippen molar-refractivity contribution in [1.82, 2.24) is 9.97 Å². The van der Waals surface area contributed by atoms with Gasteiger partial charge in [0.2, 0.25) is 0 Å². The Kier molecular flexibility index (Phi) is 3.19. The summed E-state index contributed by atoms with van der Waals surface area (Å²) >= 11 is 11.8. The van der Waals surface area contributed by atoms with Crippen LogP contribution in [-0.4, -0.2) is 21.0 Å². The fourth-order valence-corrected chi connectivity index (χ4v) is 2.32. The van der Waals surface area contributed by atoms with Gasteiger partial charge < -0.3 is 15.3 Å². The maximum Gasteiger partial charge on any atom is 0.356 e. The standard InChI is InChI=1S/C13H7Cl2N3O3/c14-7-2-1-6(5-3-4-21-10(5)7)12-17-9(13(19)20)8(15)11(16)18-12/h1-4H,(H,19,20)(H2,16,17,18). The van der Waals surface area contributed by atoms with Gasteiger partial charge in [0, 0.05) is 10.9 Å². The van der Waals surface area contributed by atoms with Crippen LogP contribution in [0, 0.1) is 0 Å². The number of nitrogens with two attached hydrogens (primary N) is 1. The lowest BCUT2D eigenvalue weighted by atomic mass is 10.1. The number of aromatic carboxylic acids is 1. The molecule has 0 radical (unpaired) electrons. The number of benzene rings is 1. The number of nitrogens with zero attached hydrogens (tertiary/aromatic N) is 2. The zero-order chi connectivity index (χ0) is 15.1. The van der Waals surface area contributed by atoms with E-state index in [1.165, 1.54) is 6.26 Å². The number of nitrogen functional groups attached to an aromatic ring is 1. The van der Waals surface area contributed by atoms with Gasteiger partial charge in [-0.05, 0) is 18.2 Å². The predicted molar refractivity (Wildman–Crippen MR) is 78.6 cm³/mol. The van der Waals surface area contributed by atoms with Crippen molar-refractivity contribution >= 4 is 46.0 Å². The Morgan fingerprint density at radius 3 is 2.71 bits per heavy atom. The van der Waals surface area contributed by atoms with Crippen LogP contribution in [0.3, 0.4) is 0 Å². The Morgan fingerprint density at radius 1 is 1.24 bits per heavy atom. The van der Waals surface area contributed by atoms with Gasteiger partial charge in [-0.15, -0.1) is 0 Å². The summed E-state index contributed by atoms with van der Waals surface area (Å²) in [6.07, 6.45) is 1.47. The second-order valence-corrected chi connectivity index (χ2v) is 4.94. The van der Waals surface area contributed by atoms with Crippen LogP contribution in [0.15, 0.2) is 28.9 Å². The summed E-state index contributed by atoms with van der Waals surface area (Å²) in [7, 11) is 0. The number of aromatic nitrogens is 2. The number of halogens is 2. The summed E-state index contributed by atoms with van der Waals surface area (Å²) in [6.45, 7) is 0. The molecule has 0 atom stereocenters. The first-order chi connectivity index (χ1) is 9.99. The van der Waals surface area contributed by atoms with Crippen molar-refractivity contribution in [2.24, 2.45) is 0 Å². The lowest BCUT2D eigenvalue weighted by Gasteiger charge is -2.07. The van der Waals surface area contributed by atoms with Crippen molar-refractivity contribution in [2.75, 3.05) is 5.73 Å². The summed E-state index contributed by atoms with van der Waals surface area (Å²) in [5.41, 5.74) is 6.31. The molecular weight excluding hydrogens is 317 g/mol. The molecule has 0 unspecified atom stereocenters. The van der Waals surface area contributed by atoms with Crippen LogP contribution in [0.5, 0.6) is 0 Å². The molecule has 8 heteroatoms. The van der Waals surface area contributed by atoms with E-state index in [0.717, 1.165) is 0 Å². The molecular formula is C13H7Cl2N3O3. The Morgan fingerprint density at radius 2 is 2.00 bits per heavy atom. The van der Waals surface area contributed by atoms with Gasteiger partial charge >= 0.3 is 5.97 Å². The monoisotopic (exact) mass is 323 g/mol. The molecule has 0 aliphatic rings. The Labute approximate surface area is 128 Å². The van der Waals surface area contributed by atoms with Gasteiger partial charge in [-0.1, -0.05) is 23.2 Å². The molecule has 0 aliphatic heterocycles. The molecule has 1 aromatic carbocycles. The summed E-state index contributed by atoms with van der Waals surface area (Å²) in [6, 6.07) is 4.96. The van der Waals surface area contributed by atoms with Crippen LogP contribution in [0.25, 0.3) is 22.4 Å². The molecule has 0 saturated carbocycles. The van der Waals surface area contributed by atoms with Gasteiger partial charge in [0.05, 0.1) is 11.3 Å². The van der Waals surface area contributed by atoms with Crippen LogP contribution < -0.4 is 5.73 Å². The highest BCUT2D eigenvalue weighted by atomic mass is 35.5. The molecule has 0 bridgehead atoms. The quantitative estimate of drug-likeness (QED) is 0.748. The number of fused-ring (bicyclic) bond motifs is 1. The minimum absolute atomic E-state index is 0.106. The second kappa shape index (κ2) is 4.91. The molecule has 0 fully saturated rings. The van der Waals surface area contributed by atoms with Crippen LogP contribution in [0.1, 0.15) is 10.5 Å². The van der Waals surface area contributed by atoms with Crippen LogP contribution >= 0.6 is 23.2 Å². The number of carbonyl (C=O) groups is 1. The molecule has 21 heavy (non-hydrogen) atoms. The van der Waals surface area contributed by atoms with Crippen molar-refractivity contribution in [3.63, 3.8) is 0 Å². The van der Waals surface area contributed by atoms with Gasteiger partial charge in [0.25, 0.3) is 0 Å². The van der Waals surface area contributed by atoms with E-state index in [1.807, 2.05) is 0 Å². The third-order valence-electron chi connectivity index (χ3n) is 2.89. The topological polar surface area (TPSA) is 102 Å². The van der Waals surface area contributed by atoms with Crippen molar-refractivity contribution in [1.29, 1.82) is 0 Å². The zero-order valence-electron chi connectivity index (χ0n) is 10.3. The van der Waals surface area contributed by atoms with E-state index < -0.39 is 5.97 Å². The fourth-order valence-electron chi connectivity index (χ4n) is 1.95. The second-order valence-electron chi connectivity index (χ2n) is 4.16. The van der Waals surface area contributed by atoms with E-state index in [1.54, 1.807) is 18.2 Å². The minimum Gasteiger partial charge on any atom is -0.476 e. The predicted octanol–water partition coefficient (Wildman–Crippen LogP) is 3.48. The Hall–Kier alpha value is -2.31. The summed E-state index contributed by atoms with van der Waals surface area (Å²) in [4.78, 5) is 19.1. The van der Waals surface area contributed by atoms with E-state index in [2.05, 4.69) is 9.97 Å². The lowest BCUT2D eigenvalue weighted by molar-refractivity contribution is 0.0690. The first kappa shape index (κ1) is 13.7. The SMILES string of the molecule is Nc1nc(-c2ccc(Cl)c3occc23)nc(C(=O)O)c1Cl. The zero-order valence-corrected chi connectivity index (χ0v) is 11.8. The first-order valence-electron chi connectivity index (χ1n) is 5.71. The molecule has 3 N–H and O–H groups in total. The van der Waals surface area contributed by atoms with Gasteiger partial charge in [-0.2, -0.15) is 0 Å². The molecule has 0 saturated heterocycles. The first-order valence-corrected chi connectivity index (χ1v) is 6.47. The lowest BCUT2D eigenvalue weighted by Crippen LogP contribution is -2.07. The number of anilines is 1. The summed E-state index contributed by atoms with van der Waals surface area (Å²) in [5.74, 6) is -1.25. The molecule has 106 valence electrons. The molecule has 2 heterocycles. The number of carboxylic acids is 1. The van der Waals surface area contributed by atoms with E-state index >= 15 is 0 Å². The van der Waals surface area contributed by atoms with Crippen LogP contribution in [0.2, 0.25) is 10.0 Å². The van der Waals surface area contributed by atoms with Gasteiger partial charge in [-0.3, -0.25) is 0 Å². The van der Waals surface area contributed by atoms with Gasteiger partial charge in [0.15, 0.2) is 17.1 Å². The third kappa shape index (κ3) is 2.18. The van der Waals surface area contributed by atoms with Crippen molar-refractivity contribution < 1.29 is 14.3 Å². The highest BCUT2D eigenvalue weighted by Crippen LogP contribution is 2.33. The van der Waals surface area contributed by atoms with Gasteiger partial charge in [-0.25, -0.2) is 14.8 Å². The van der Waals surface area contributed by atoms with Crippen molar-refractivity contribution in [2.45, 2.75) is 0 Å². The Balaban J connectivity index is 2.31. The van der Waals surface area contributed by atoms with Crippen molar-refractivity contribution in [3.8, 4) is 11.4 Å². The number of hydrogen-bond acceptors (Lipinski definition) is 5. The maximum atomic E-state index is 11.2. The molecule has 3 aromatic rings. The molecule has 3 rings (SSSR count).